The number of phenolic OH excluding ortho intramolecular Hbond substituents is 1. The Morgan fingerprint density at radius 3 is 2.54 bits per heavy atom. The molecule has 1 aliphatic rings. The summed E-state index contributed by atoms with van der Waals surface area (Å²) in [6.07, 6.45) is 0. The number of Topliss-reactive ketones (excluding diaryl/α,β-unsaturated/α-hetero) is 1. The number of carbonyl (C=O) groups is 2. The van der Waals surface area contributed by atoms with Gasteiger partial charge in [-0.15, -0.1) is 0 Å². The Kier molecular flexibility index (Phi) is 1.37. The molecule has 1 aromatic rings. The first kappa shape index (κ1) is 7.75. The summed E-state index contributed by atoms with van der Waals surface area (Å²) in [5.41, 5.74) is -0.120. The van der Waals surface area contributed by atoms with Crippen molar-refractivity contribution in [2.45, 2.75) is 0 Å². The van der Waals surface area contributed by atoms with Crippen LogP contribution < -0.4 is 5.06 Å². The first-order valence-electron chi connectivity index (χ1n) is 3.52. The van der Waals surface area contributed by atoms with Crippen LogP contribution in [0, 0.1) is 0 Å². The van der Waals surface area contributed by atoms with Crippen LogP contribution in [0.1, 0.15) is 10.4 Å². The van der Waals surface area contributed by atoms with Gasteiger partial charge in [-0.1, -0.05) is 6.07 Å². The lowest BCUT2D eigenvalue weighted by molar-refractivity contribution is -0.118. The summed E-state index contributed by atoms with van der Waals surface area (Å²) in [4.78, 5) is 22.0. The molecule has 0 saturated carbocycles. The molecule has 0 bridgehead atoms. The smallest absolute Gasteiger partial charge is 0.323 e. The molecular formula is C8H5NO4. The molecule has 0 saturated heterocycles. The minimum Gasteiger partial charge on any atom is -0.507 e. The van der Waals surface area contributed by atoms with E-state index < -0.39 is 11.7 Å². The van der Waals surface area contributed by atoms with Crippen LogP contribution in [0.3, 0.4) is 0 Å². The lowest BCUT2D eigenvalue weighted by Gasteiger charge is -2.05. The first-order chi connectivity index (χ1) is 6.13. The van der Waals surface area contributed by atoms with Crippen LogP contribution in [-0.4, -0.2) is 22.0 Å². The summed E-state index contributed by atoms with van der Waals surface area (Å²) < 4.78 is 0. The minimum atomic E-state index is -1.04. The van der Waals surface area contributed by atoms with Gasteiger partial charge in [0.25, 0.3) is 5.78 Å². The second kappa shape index (κ2) is 2.30. The third-order valence-electron chi connectivity index (χ3n) is 1.86. The van der Waals surface area contributed by atoms with Gasteiger partial charge in [0.1, 0.15) is 5.75 Å². The zero-order valence-electron chi connectivity index (χ0n) is 6.39. The van der Waals surface area contributed by atoms with E-state index in [0.29, 0.717) is 0 Å². The van der Waals surface area contributed by atoms with Crippen molar-refractivity contribution in [1.82, 2.24) is 0 Å². The fourth-order valence-corrected chi connectivity index (χ4v) is 1.25. The van der Waals surface area contributed by atoms with E-state index in [1.165, 1.54) is 18.2 Å². The number of phenols is 1. The van der Waals surface area contributed by atoms with Crippen molar-refractivity contribution >= 4 is 17.4 Å². The SMILES string of the molecule is O=C1C(=O)N(O)c2cccc(O)c21. The number of nitrogens with zero attached hydrogens (tertiary/aromatic N) is 1. The van der Waals surface area contributed by atoms with E-state index in [-0.39, 0.29) is 22.1 Å². The third kappa shape index (κ3) is 0.844. The standard InChI is InChI=1S/C8H5NO4/c10-5-3-1-2-4-6(5)7(11)8(12)9(4)13/h1-3,10,13H. The molecule has 5 nitrogen and oxygen atoms in total. The molecule has 0 unspecified atom stereocenters. The van der Waals surface area contributed by atoms with Gasteiger partial charge in [-0.3, -0.25) is 14.8 Å². The van der Waals surface area contributed by atoms with Crippen LogP contribution >= 0.6 is 0 Å². The molecule has 0 atom stereocenters. The van der Waals surface area contributed by atoms with Gasteiger partial charge in [0, 0.05) is 0 Å². The van der Waals surface area contributed by atoms with Crippen molar-refractivity contribution in [3.63, 3.8) is 0 Å². The molecule has 2 rings (SSSR count). The minimum absolute atomic E-state index is 0.0231. The Morgan fingerprint density at radius 1 is 1.23 bits per heavy atom. The van der Waals surface area contributed by atoms with Crippen LogP contribution in [0.5, 0.6) is 5.75 Å². The summed E-state index contributed by atoms with van der Waals surface area (Å²) in [7, 11) is 0. The molecule has 1 aliphatic heterocycles. The number of hydrogen-bond acceptors (Lipinski definition) is 4. The van der Waals surface area contributed by atoms with Crippen LogP contribution in [0.25, 0.3) is 0 Å². The van der Waals surface area contributed by atoms with E-state index in [9.17, 15) is 14.7 Å². The number of ketones is 1. The lowest BCUT2D eigenvalue weighted by Crippen LogP contribution is -2.25. The third-order valence-corrected chi connectivity index (χ3v) is 1.86. The number of fused-ring (bicyclic) bond motifs is 1. The van der Waals surface area contributed by atoms with Crippen molar-refractivity contribution in [2.24, 2.45) is 0 Å². The number of amides is 1. The van der Waals surface area contributed by atoms with Crippen LogP contribution in [0.15, 0.2) is 18.2 Å². The molecule has 1 amide bonds. The van der Waals surface area contributed by atoms with Crippen molar-refractivity contribution in [2.75, 3.05) is 5.06 Å². The average Bonchev–Trinajstić information content (AvgIpc) is 2.33. The second-order valence-corrected chi connectivity index (χ2v) is 2.62. The summed E-state index contributed by atoms with van der Waals surface area (Å²) in [6, 6.07) is 4.09. The van der Waals surface area contributed by atoms with Gasteiger partial charge < -0.3 is 5.11 Å². The number of anilines is 1. The van der Waals surface area contributed by atoms with Gasteiger partial charge in [-0.25, -0.2) is 0 Å². The molecule has 2 N–H and O–H groups in total. The van der Waals surface area contributed by atoms with Gasteiger partial charge in [-0.05, 0) is 12.1 Å². The number of aromatic hydroxyl groups is 1. The predicted molar refractivity (Wildman–Crippen MR) is 41.7 cm³/mol. The molecule has 13 heavy (non-hydrogen) atoms. The van der Waals surface area contributed by atoms with E-state index in [0.717, 1.165) is 0 Å². The molecule has 1 heterocycles. The number of benzene rings is 1. The summed E-state index contributed by atoms with van der Waals surface area (Å²) in [6.45, 7) is 0. The Labute approximate surface area is 72.8 Å². The van der Waals surface area contributed by atoms with Crippen LogP contribution in [0.2, 0.25) is 0 Å². The fourth-order valence-electron chi connectivity index (χ4n) is 1.25. The highest BCUT2D eigenvalue weighted by molar-refractivity contribution is 6.52. The topological polar surface area (TPSA) is 77.8 Å². The number of hydrogen-bond donors (Lipinski definition) is 2. The lowest BCUT2D eigenvalue weighted by atomic mass is 10.1. The maximum absolute atomic E-state index is 11.1. The highest BCUT2D eigenvalue weighted by Gasteiger charge is 2.37. The maximum Gasteiger partial charge on any atom is 0.323 e. The van der Waals surface area contributed by atoms with Crippen molar-refractivity contribution in [1.29, 1.82) is 0 Å². The molecule has 5 heteroatoms. The quantitative estimate of drug-likeness (QED) is 0.443. The van der Waals surface area contributed by atoms with E-state index in [1.54, 1.807) is 0 Å². The molecule has 1 aromatic carbocycles. The molecular weight excluding hydrogens is 174 g/mol. The Morgan fingerprint density at radius 2 is 1.92 bits per heavy atom. The molecule has 0 radical (unpaired) electrons. The number of rotatable bonds is 0. The van der Waals surface area contributed by atoms with Gasteiger partial charge >= 0.3 is 5.91 Å². The fraction of sp³-hybridized carbons (Fsp3) is 0. The van der Waals surface area contributed by atoms with E-state index in [2.05, 4.69) is 0 Å². The van der Waals surface area contributed by atoms with Gasteiger partial charge in [-0.2, -0.15) is 5.06 Å². The molecule has 0 fully saturated rings. The van der Waals surface area contributed by atoms with Crippen molar-refractivity contribution < 1.29 is 19.9 Å². The summed E-state index contributed by atoms with van der Waals surface area (Å²) >= 11 is 0. The maximum atomic E-state index is 11.1. The van der Waals surface area contributed by atoms with E-state index in [1.807, 2.05) is 0 Å². The van der Waals surface area contributed by atoms with Crippen molar-refractivity contribution in [3.8, 4) is 5.75 Å². The summed E-state index contributed by atoms with van der Waals surface area (Å²) in [5.74, 6) is -2.24. The zero-order valence-corrected chi connectivity index (χ0v) is 6.39. The Hall–Kier alpha value is -1.88. The average molecular weight is 179 g/mol. The van der Waals surface area contributed by atoms with Crippen LogP contribution in [0.4, 0.5) is 5.69 Å². The largest absolute Gasteiger partial charge is 0.507 e. The van der Waals surface area contributed by atoms with Gasteiger partial charge in [0.05, 0.1) is 11.3 Å². The van der Waals surface area contributed by atoms with E-state index in [4.69, 9.17) is 5.21 Å². The predicted octanol–water partition coefficient (Wildman–Crippen LogP) is 0.311. The number of carbonyl (C=O) groups excluding carboxylic acids is 2. The second-order valence-electron chi connectivity index (χ2n) is 2.62. The molecule has 0 spiro atoms. The van der Waals surface area contributed by atoms with Gasteiger partial charge in [0.2, 0.25) is 0 Å². The van der Waals surface area contributed by atoms with Crippen LogP contribution in [-0.2, 0) is 4.79 Å². The monoisotopic (exact) mass is 179 g/mol. The Balaban J connectivity index is 2.73. The first-order valence-corrected chi connectivity index (χ1v) is 3.52. The Bertz CT molecular complexity index is 413. The van der Waals surface area contributed by atoms with Crippen molar-refractivity contribution in [3.05, 3.63) is 23.8 Å². The summed E-state index contributed by atoms with van der Waals surface area (Å²) in [5, 5.41) is 18.6. The molecule has 66 valence electrons. The van der Waals surface area contributed by atoms with Gasteiger partial charge in [0.15, 0.2) is 0 Å². The zero-order chi connectivity index (χ0) is 9.59. The molecule has 0 aliphatic carbocycles. The molecule has 0 aromatic heterocycles. The number of hydroxylamine groups is 1. The highest BCUT2D eigenvalue weighted by atomic mass is 16.5. The normalized spacial score (nSPS) is 15.0. The van der Waals surface area contributed by atoms with E-state index >= 15 is 0 Å². The highest BCUT2D eigenvalue weighted by Crippen LogP contribution is 2.33.